The third kappa shape index (κ3) is 1.75. The van der Waals surface area contributed by atoms with Gasteiger partial charge in [0.05, 0.1) is 0 Å². The van der Waals surface area contributed by atoms with E-state index < -0.39 is 17.2 Å². The number of hydrogen-bond donors (Lipinski definition) is 1. The topological polar surface area (TPSA) is 99.1 Å². The molecule has 2 heterocycles. The number of carboxylic acid groups (broad SMARTS) is 1. The van der Waals surface area contributed by atoms with E-state index in [0.29, 0.717) is 0 Å². The van der Waals surface area contributed by atoms with Crippen LogP contribution in [-0.4, -0.2) is 29.8 Å². The number of nitrogens with zero attached hydrogens (tertiary/aromatic N) is 4. The molecule has 2 aromatic rings. The first-order chi connectivity index (χ1) is 9.31. The van der Waals surface area contributed by atoms with Gasteiger partial charge < -0.3 is 9.67 Å². The van der Waals surface area contributed by atoms with Crippen LogP contribution < -0.4 is 11.2 Å². The van der Waals surface area contributed by atoms with Gasteiger partial charge in [0.1, 0.15) is 0 Å². The fourth-order valence-corrected chi connectivity index (χ4v) is 2.26. The second-order valence-corrected chi connectivity index (χ2v) is 4.77. The first kappa shape index (κ1) is 14.0. The third-order valence-corrected chi connectivity index (χ3v) is 3.21. The van der Waals surface area contributed by atoms with Crippen molar-refractivity contribution in [1.82, 2.24) is 18.7 Å². The van der Waals surface area contributed by atoms with Gasteiger partial charge in [0, 0.05) is 19.6 Å². The van der Waals surface area contributed by atoms with E-state index in [0.717, 1.165) is 4.57 Å². The average molecular weight is 280 g/mol. The first-order valence-electron chi connectivity index (χ1n) is 6.26. The summed E-state index contributed by atoms with van der Waals surface area (Å²) in [6, 6.07) is -0.236. The minimum Gasteiger partial charge on any atom is -0.475 e. The van der Waals surface area contributed by atoms with Crippen molar-refractivity contribution in [3.8, 4) is 0 Å². The highest BCUT2D eigenvalue weighted by molar-refractivity contribution is 5.88. The Bertz CT molecular complexity index is 809. The number of fused-ring (bicyclic) bond motifs is 1. The summed E-state index contributed by atoms with van der Waals surface area (Å²) in [6.45, 7) is 5.46. The van der Waals surface area contributed by atoms with Gasteiger partial charge in [-0.25, -0.2) is 14.6 Å². The Labute approximate surface area is 113 Å². The zero-order valence-electron chi connectivity index (χ0n) is 11.7. The summed E-state index contributed by atoms with van der Waals surface area (Å²) in [6.07, 6.45) is 0. The van der Waals surface area contributed by atoms with Crippen LogP contribution in [-0.2, 0) is 13.6 Å². The van der Waals surface area contributed by atoms with Crippen molar-refractivity contribution in [3.05, 3.63) is 26.7 Å². The van der Waals surface area contributed by atoms with Crippen LogP contribution in [0, 0.1) is 0 Å². The van der Waals surface area contributed by atoms with E-state index in [4.69, 9.17) is 5.11 Å². The number of aromatic nitrogens is 4. The predicted molar refractivity (Wildman–Crippen MR) is 72.3 cm³/mol. The molecule has 20 heavy (non-hydrogen) atoms. The summed E-state index contributed by atoms with van der Waals surface area (Å²) in [7, 11) is 1.45. The highest BCUT2D eigenvalue weighted by Crippen LogP contribution is 2.13. The van der Waals surface area contributed by atoms with Gasteiger partial charge in [-0.1, -0.05) is 0 Å². The van der Waals surface area contributed by atoms with Gasteiger partial charge in [-0.2, -0.15) is 0 Å². The van der Waals surface area contributed by atoms with Crippen molar-refractivity contribution in [2.45, 2.75) is 33.4 Å². The molecular formula is C12H16N4O4. The molecule has 0 spiro atoms. The first-order valence-corrected chi connectivity index (χ1v) is 6.26. The van der Waals surface area contributed by atoms with Gasteiger partial charge in [-0.05, 0) is 20.8 Å². The lowest BCUT2D eigenvalue weighted by atomic mass is 10.3. The Balaban J connectivity index is 3.12. The maximum Gasteiger partial charge on any atom is 0.372 e. The van der Waals surface area contributed by atoms with Crippen LogP contribution in [0.2, 0.25) is 0 Å². The Hall–Kier alpha value is -2.38. The summed E-state index contributed by atoms with van der Waals surface area (Å²) >= 11 is 0. The van der Waals surface area contributed by atoms with Gasteiger partial charge >= 0.3 is 11.7 Å². The maximum atomic E-state index is 12.3. The molecule has 2 rings (SSSR count). The minimum absolute atomic E-state index is 0.111. The molecule has 0 aliphatic rings. The number of carboxylic acids is 1. The van der Waals surface area contributed by atoms with E-state index in [1.54, 1.807) is 20.8 Å². The SMILES string of the molecule is CCn1c(=O)c2c(nc(C(=O)O)n2C)n(C(C)C)c1=O. The Kier molecular flexibility index (Phi) is 3.24. The number of rotatable bonds is 3. The van der Waals surface area contributed by atoms with E-state index in [1.165, 1.54) is 16.2 Å². The van der Waals surface area contributed by atoms with Gasteiger partial charge in [0.2, 0.25) is 5.82 Å². The Morgan fingerprint density at radius 3 is 2.40 bits per heavy atom. The molecule has 2 aromatic heterocycles. The molecular weight excluding hydrogens is 264 g/mol. The van der Waals surface area contributed by atoms with Crippen molar-refractivity contribution in [1.29, 1.82) is 0 Å². The van der Waals surface area contributed by atoms with E-state index in [9.17, 15) is 14.4 Å². The second kappa shape index (κ2) is 4.62. The molecule has 0 bridgehead atoms. The van der Waals surface area contributed by atoms with Crippen molar-refractivity contribution in [2.24, 2.45) is 7.05 Å². The van der Waals surface area contributed by atoms with Crippen LogP contribution >= 0.6 is 0 Å². The number of aromatic carboxylic acids is 1. The van der Waals surface area contributed by atoms with Crippen molar-refractivity contribution in [2.75, 3.05) is 0 Å². The molecule has 0 unspecified atom stereocenters. The monoisotopic (exact) mass is 280 g/mol. The number of aryl methyl sites for hydroxylation is 1. The summed E-state index contributed by atoms with van der Waals surface area (Å²) in [5.74, 6) is -1.51. The molecule has 8 nitrogen and oxygen atoms in total. The fourth-order valence-electron chi connectivity index (χ4n) is 2.26. The van der Waals surface area contributed by atoms with E-state index in [2.05, 4.69) is 4.98 Å². The van der Waals surface area contributed by atoms with Crippen LogP contribution in [0.1, 0.15) is 37.4 Å². The van der Waals surface area contributed by atoms with Gasteiger partial charge in [-0.3, -0.25) is 13.9 Å². The van der Waals surface area contributed by atoms with Crippen molar-refractivity contribution in [3.63, 3.8) is 0 Å². The lowest BCUT2D eigenvalue weighted by molar-refractivity contribution is 0.0680. The summed E-state index contributed by atoms with van der Waals surface area (Å²) < 4.78 is 3.63. The Morgan fingerprint density at radius 1 is 1.35 bits per heavy atom. The van der Waals surface area contributed by atoms with Crippen LogP contribution in [0.25, 0.3) is 11.2 Å². The van der Waals surface area contributed by atoms with Crippen LogP contribution in [0.4, 0.5) is 0 Å². The summed E-state index contributed by atoms with van der Waals surface area (Å²) in [5, 5.41) is 9.10. The molecule has 108 valence electrons. The largest absolute Gasteiger partial charge is 0.475 e. The summed E-state index contributed by atoms with van der Waals surface area (Å²) in [5.41, 5.74) is -0.765. The summed E-state index contributed by atoms with van der Waals surface area (Å²) in [4.78, 5) is 39.7. The average Bonchev–Trinajstić information content (AvgIpc) is 2.67. The van der Waals surface area contributed by atoms with Gasteiger partial charge in [0.25, 0.3) is 5.56 Å². The number of imidazole rings is 1. The van der Waals surface area contributed by atoms with Crippen LogP contribution in [0.5, 0.6) is 0 Å². The highest BCUT2D eigenvalue weighted by Gasteiger charge is 2.23. The molecule has 0 saturated carbocycles. The zero-order chi connectivity index (χ0) is 15.2. The van der Waals surface area contributed by atoms with Crippen LogP contribution in [0.15, 0.2) is 9.59 Å². The molecule has 8 heteroatoms. The highest BCUT2D eigenvalue weighted by atomic mass is 16.4. The van der Waals surface area contributed by atoms with Gasteiger partial charge in [0.15, 0.2) is 11.2 Å². The standard InChI is InChI=1S/C12H16N4O4/c1-5-15-10(17)7-8(16(6(2)3)12(15)20)13-9(11(18)19)14(7)4/h6H,5H2,1-4H3,(H,18,19). The normalized spacial score (nSPS) is 11.4. The molecule has 0 saturated heterocycles. The number of carbonyl (C=O) groups is 1. The lowest BCUT2D eigenvalue weighted by Crippen LogP contribution is -2.40. The maximum absolute atomic E-state index is 12.3. The van der Waals surface area contributed by atoms with Crippen molar-refractivity contribution < 1.29 is 9.90 Å². The third-order valence-electron chi connectivity index (χ3n) is 3.21. The van der Waals surface area contributed by atoms with Gasteiger partial charge in [-0.15, -0.1) is 0 Å². The smallest absolute Gasteiger partial charge is 0.372 e. The molecule has 0 aliphatic heterocycles. The zero-order valence-corrected chi connectivity index (χ0v) is 11.7. The fraction of sp³-hybridized carbons (Fsp3) is 0.500. The molecule has 0 amide bonds. The number of hydrogen-bond acceptors (Lipinski definition) is 4. The molecule has 0 atom stereocenters. The second-order valence-electron chi connectivity index (χ2n) is 4.77. The molecule has 0 radical (unpaired) electrons. The molecule has 0 aliphatic carbocycles. The van der Waals surface area contributed by atoms with E-state index in [1.807, 2.05) is 0 Å². The molecule has 0 aromatic carbocycles. The van der Waals surface area contributed by atoms with E-state index >= 15 is 0 Å². The minimum atomic E-state index is -1.24. The van der Waals surface area contributed by atoms with Crippen molar-refractivity contribution >= 4 is 17.1 Å². The Morgan fingerprint density at radius 2 is 1.95 bits per heavy atom. The van der Waals surface area contributed by atoms with Crippen LogP contribution in [0.3, 0.4) is 0 Å². The lowest BCUT2D eigenvalue weighted by Gasteiger charge is -2.13. The molecule has 0 fully saturated rings. The quantitative estimate of drug-likeness (QED) is 0.865. The molecule has 1 N–H and O–H groups in total. The predicted octanol–water partition coefficient (Wildman–Crippen LogP) is 0.196. The van der Waals surface area contributed by atoms with E-state index in [-0.39, 0.29) is 29.6 Å².